The lowest BCUT2D eigenvalue weighted by Crippen LogP contribution is -2.46. The number of nitrogens with zero attached hydrogens (tertiary/aromatic N) is 2. The summed E-state index contributed by atoms with van der Waals surface area (Å²) in [6, 6.07) is 7.56. The van der Waals surface area contributed by atoms with Crippen LogP contribution in [0.3, 0.4) is 0 Å². The predicted octanol–water partition coefficient (Wildman–Crippen LogP) is 2.74. The van der Waals surface area contributed by atoms with E-state index in [1.165, 1.54) is 37.8 Å². The molecule has 0 amide bonds. The third-order valence-corrected chi connectivity index (χ3v) is 4.27. The fourth-order valence-corrected chi connectivity index (χ4v) is 3.21. The SMILES string of the molecule is CNC1CCCCCC1N(C)Cc1cccc(C)n1. The van der Waals surface area contributed by atoms with Crippen molar-refractivity contribution in [1.29, 1.82) is 0 Å². The molecule has 106 valence electrons. The first kappa shape index (κ1) is 14.5. The smallest absolute Gasteiger partial charge is 0.0547 e. The number of hydrogen-bond acceptors (Lipinski definition) is 3. The van der Waals surface area contributed by atoms with Crippen molar-refractivity contribution >= 4 is 0 Å². The quantitative estimate of drug-likeness (QED) is 0.845. The van der Waals surface area contributed by atoms with E-state index in [9.17, 15) is 0 Å². The number of rotatable bonds is 4. The number of nitrogens with one attached hydrogen (secondary N) is 1. The van der Waals surface area contributed by atoms with Crippen LogP contribution in [0.4, 0.5) is 0 Å². The van der Waals surface area contributed by atoms with Gasteiger partial charge in [-0.3, -0.25) is 9.88 Å². The van der Waals surface area contributed by atoms with Gasteiger partial charge in [-0.05, 0) is 46.0 Å². The Labute approximate surface area is 117 Å². The molecule has 2 atom stereocenters. The maximum atomic E-state index is 4.62. The van der Waals surface area contributed by atoms with Crippen molar-refractivity contribution in [3.05, 3.63) is 29.6 Å². The fraction of sp³-hybridized carbons (Fsp3) is 0.688. The minimum atomic E-state index is 0.623. The Hall–Kier alpha value is -0.930. The van der Waals surface area contributed by atoms with E-state index in [2.05, 4.69) is 54.4 Å². The molecular formula is C16H27N3. The Bertz CT molecular complexity index is 391. The summed E-state index contributed by atoms with van der Waals surface area (Å²) in [6.07, 6.45) is 6.69. The topological polar surface area (TPSA) is 28.2 Å². The molecule has 2 rings (SSSR count). The van der Waals surface area contributed by atoms with Gasteiger partial charge in [-0.1, -0.05) is 25.3 Å². The lowest BCUT2D eigenvalue weighted by Gasteiger charge is -2.33. The van der Waals surface area contributed by atoms with Gasteiger partial charge >= 0.3 is 0 Å². The molecule has 1 fully saturated rings. The molecule has 0 bridgehead atoms. The molecule has 1 N–H and O–H groups in total. The summed E-state index contributed by atoms with van der Waals surface area (Å²) in [6.45, 7) is 3.01. The highest BCUT2D eigenvalue weighted by Gasteiger charge is 2.25. The number of aryl methyl sites for hydroxylation is 1. The van der Waals surface area contributed by atoms with Gasteiger partial charge in [0.05, 0.1) is 5.69 Å². The molecular weight excluding hydrogens is 234 g/mol. The number of hydrogen-bond donors (Lipinski definition) is 1. The summed E-state index contributed by atoms with van der Waals surface area (Å²) in [5, 5.41) is 3.51. The lowest BCUT2D eigenvalue weighted by molar-refractivity contribution is 0.177. The molecule has 1 aromatic heterocycles. The van der Waals surface area contributed by atoms with Crippen LogP contribution in [-0.4, -0.2) is 36.1 Å². The summed E-state index contributed by atoms with van der Waals surface area (Å²) < 4.78 is 0. The summed E-state index contributed by atoms with van der Waals surface area (Å²) in [7, 11) is 4.34. The van der Waals surface area contributed by atoms with Crippen molar-refractivity contribution in [2.24, 2.45) is 0 Å². The van der Waals surface area contributed by atoms with Crippen LogP contribution in [0.5, 0.6) is 0 Å². The van der Waals surface area contributed by atoms with E-state index in [1.807, 2.05) is 0 Å². The van der Waals surface area contributed by atoms with Gasteiger partial charge in [-0.15, -0.1) is 0 Å². The van der Waals surface area contributed by atoms with E-state index in [4.69, 9.17) is 0 Å². The fourth-order valence-electron chi connectivity index (χ4n) is 3.21. The number of pyridine rings is 1. The summed E-state index contributed by atoms with van der Waals surface area (Å²) >= 11 is 0. The molecule has 0 spiro atoms. The highest BCUT2D eigenvalue weighted by molar-refractivity contribution is 5.10. The van der Waals surface area contributed by atoms with E-state index >= 15 is 0 Å². The molecule has 2 unspecified atom stereocenters. The van der Waals surface area contributed by atoms with Crippen LogP contribution in [0.2, 0.25) is 0 Å². The average molecular weight is 261 g/mol. The Balaban J connectivity index is 2.02. The van der Waals surface area contributed by atoms with E-state index < -0.39 is 0 Å². The minimum Gasteiger partial charge on any atom is -0.315 e. The second kappa shape index (κ2) is 7.01. The molecule has 3 heteroatoms. The van der Waals surface area contributed by atoms with Gasteiger partial charge in [0.25, 0.3) is 0 Å². The van der Waals surface area contributed by atoms with Gasteiger partial charge in [0.2, 0.25) is 0 Å². The molecule has 1 saturated carbocycles. The number of aromatic nitrogens is 1. The monoisotopic (exact) mass is 261 g/mol. The zero-order valence-electron chi connectivity index (χ0n) is 12.5. The van der Waals surface area contributed by atoms with Gasteiger partial charge in [-0.25, -0.2) is 0 Å². The van der Waals surface area contributed by atoms with Gasteiger partial charge in [-0.2, -0.15) is 0 Å². The summed E-state index contributed by atoms with van der Waals surface area (Å²) in [5.74, 6) is 0. The molecule has 1 aromatic rings. The molecule has 1 heterocycles. The first-order chi connectivity index (χ1) is 9.20. The summed E-state index contributed by atoms with van der Waals surface area (Å²) in [5.41, 5.74) is 2.29. The molecule has 0 aromatic carbocycles. The molecule has 3 nitrogen and oxygen atoms in total. The summed E-state index contributed by atoms with van der Waals surface area (Å²) in [4.78, 5) is 7.10. The minimum absolute atomic E-state index is 0.623. The highest BCUT2D eigenvalue weighted by Crippen LogP contribution is 2.22. The van der Waals surface area contributed by atoms with Crippen molar-refractivity contribution in [3.8, 4) is 0 Å². The largest absolute Gasteiger partial charge is 0.315 e. The van der Waals surface area contributed by atoms with Crippen LogP contribution >= 0.6 is 0 Å². The predicted molar refractivity (Wildman–Crippen MR) is 80.2 cm³/mol. The number of likely N-dealkylation sites (N-methyl/N-ethyl adjacent to an activating group) is 2. The van der Waals surface area contributed by atoms with E-state index in [0.29, 0.717) is 12.1 Å². The third-order valence-electron chi connectivity index (χ3n) is 4.27. The van der Waals surface area contributed by atoms with Gasteiger partial charge in [0, 0.05) is 24.3 Å². The normalized spacial score (nSPS) is 24.4. The molecule has 0 saturated heterocycles. The van der Waals surface area contributed by atoms with Gasteiger partial charge in [0.15, 0.2) is 0 Å². The van der Waals surface area contributed by atoms with Crippen LogP contribution in [-0.2, 0) is 6.54 Å². The van der Waals surface area contributed by atoms with Crippen LogP contribution < -0.4 is 5.32 Å². The lowest BCUT2D eigenvalue weighted by atomic mass is 10.0. The molecule has 0 radical (unpaired) electrons. The average Bonchev–Trinajstić information content (AvgIpc) is 2.63. The van der Waals surface area contributed by atoms with Gasteiger partial charge in [0.1, 0.15) is 0 Å². The molecule has 0 aliphatic heterocycles. The Morgan fingerprint density at radius 2 is 2.05 bits per heavy atom. The zero-order valence-corrected chi connectivity index (χ0v) is 12.5. The van der Waals surface area contributed by atoms with Crippen LogP contribution in [0.15, 0.2) is 18.2 Å². The second-order valence-corrected chi connectivity index (χ2v) is 5.79. The maximum Gasteiger partial charge on any atom is 0.0547 e. The molecule has 19 heavy (non-hydrogen) atoms. The Kier molecular flexibility index (Phi) is 5.34. The van der Waals surface area contributed by atoms with Crippen molar-refractivity contribution in [3.63, 3.8) is 0 Å². The molecule has 1 aliphatic carbocycles. The van der Waals surface area contributed by atoms with Crippen molar-refractivity contribution in [1.82, 2.24) is 15.2 Å². The molecule has 1 aliphatic rings. The van der Waals surface area contributed by atoms with Gasteiger partial charge < -0.3 is 5.32 Å². The Morgan fingerprint density at radius 1 is 1.26 bits per heavy atom. The van der Waals surface area contributed by atoms with Crippen molar-refractivity contribution < 1.29 is 0 Å². The van der Waals surface area contributed by atoms with Crippen LogP contribution in [0.1, 0.15) is 43.5 Å². The highest BCUT2D eigenvalue weighted by atomic mass is 15.2. The Morgan fingerprint density at radius 3 is 2.79 bits per heavy atom. The maximum absolute atomic E-state index is 4.62. The van der Waals surface area contributed by atoms with Crippen LogP contribution in [0, 0.1) is 6.92 Å². The van der Waals surface area contributed by atoms with E-state index in [1.54, 1.807) is 0 Å². The van der Waals surface area contributed by atoms with Crippen molar-refractivity contribution in [2.75, 3.05) is 14.1 Å². The second-order valence-electron chi connectivity index (χ2n) is 5.79. The van der Waals surface area contributed by atoms with E-state index in [-0.39, 0.29) is 0 Å². The van der Waals surface area contributed by atoms with Crippen molar-refractivity contribution in [2.45, 2.75) is 57.7 Å². The zero-order chi connectivity index (χ0) is 13.7. The first-order valence-corrected chi connectivity index (χ1v) is 7.50. The third kappa shape index (κ3) is 4.02. The standard InChI is InChI=1S/C16H27N3/c1-13-8-7-9-14(18-13)12-19(3)16-11-6-4-5-10-15(16)17-2/h7-9,15-17H,4-6,10-12H2,1-3H3. The van der Waals surface area contributed by atoms with E-state index in [0.717, 1.165) is 12.2 Å². The first-order valence-electron chi connectivity index (χ1n) is 7.50. The van der Waals surface area contributed by atoms with Crippen LogP contribution in [0.25, 0.3) is 0 Å².